The molecule has 2 heterocycles. The average molecular weight is 191 g/mol. The molecule has 0 amide bonds. The summed E-state index contributed by atoms with van der Waals surface area (Å²) in [5.41, 5.74) is 1.35. The van der Waals surface area contributed by atoms with Crippen molar-refractivity contribution in [1.29, 1.82) is 0 Å². The Morgan fingerprint density at radius 1 is 1.43 bits per heavy atom. The van der Waals surface area contributed by atoms with Crippen LogP contribution in [0.2, 0.25) is 0 Å². The quantitative estimate of drug-likeness (QED) is 0.769. The smallest absolute Gasteiger partial charge is 0.127 e. The van der Waals surface area contributed by atoms with Crippen molar-refractivity contribution in [2.45, 2.75) is 6.42 Å². The third kappa shape index (κ3) is 2.04. The van der Waals surface area contributed by atoms with Crippen molar-refractivity contribution in [2.24, 2.45) is 5.92 Å². The molecule has 0 atom stereocenters. The number of nitrogens with one attached hydrogen (secondary N) is 1. The highest BCUT2D eigenvalue weighted by atomic mass is 15.1. The maximum absolute atomic E-state index is 4.40. The van der Waals surface area contributed by atoms with Gasteiger partial charge in [0.15, 0.2) is 0 Å². The Labute approximate surface area is 85.1 Å². The summed E-state index contributed by atoms with van der Waals surface area (Å²) < 4.78 is 0. The summed E-state index contributed by atoms with van der Waals surface area (Å²) in [6, 6.07) is 4.27. The average Bonchev–Trinajstić information content (AvgIpc) is 2.12. The molecule has 1 fully saturated rings. The molecule has 76 valence electrons. The van der Waals surface area contributed by atoms with Crippen molar-refractivity contribution < 1.29 is 0 Å². The summed E-state index contributed by atoms with van der Waals surface area (Å²) in [4.78, 5) is 6.42. The van der Waals surface area contributed by atoms with Crippen molar-refractivity contribution in [2.75, 3.05) is 32.1 Å². The van der Waals surface area contributed by atoms with Crippen LogP contribution in [0.25, 0.3) is 0 Å². The number of hydrogen-bond acceptors (Lipinski definition) is 3. The summed E-state index contributed by atoms with van der Waals surface area (Å²) in [6.07, 6.45) is 3.15. The van der Waals surface area contributed by atoms with Crippen LogP contribution < -0.4 is 10.2 Å². The van der Waals surface area contributed by atoms with Gasteiger partial charge in [0.2, 0.25) is 0 Å². The second kappa shape index (κ2) is 3.96. The number of aromatic nitrogens is 1. The van der Waals surface area contributed by atoms with Gasteiger partial charge in [0.05, 0.1) is 0 Å². The summed E-state index contributed by atoms with van der Waals surface area (Å²) in [7, 11) is 4.02. The van der Waals surface area contributed by atoms with E-state index in [-0.39, 0.29) is 0 Å². The maximum Gasteiger partial charge on any atom is 0.127 e. The van der Waals surface area contributed by atoms with Gasteiger partial charge in [0.25, 0.3) is 0 Å². The lowest BCUT2D eigenvalue weighted by atomic mass is 9.95. The molecule has 1 aromatic rings. The molecule has 0 saturated carbocycles. The maximum atomic E-state index is 4.40. The van der Waals surface area contributed by atoms with Gasteiger partial charge in [-0.2, -0.15) is 0 Å². The van der Waals surface area contributed by atoms with Gasteiger partial charge in [-0.3, -0.25) is 0 Å². The third-order valence-electron chi connectivity index (χ3n) is 2.66. The van der Waals surface area contributed by atoms with E-state index in [4.69, 9.17) is 0 Å². The minimum Gasteiger partial charge on any atom is -0.363 e. The zero-order valence-electron chi connectivity index (χ0n) is 8.83. The van der Waals surface area contributed by atoms with Crippen LogP contribution in [0.4, 0.5) is 5.82 Å². The molecule has 3 nitrogen and oxygen atoms in total. The van der Waals surface area contributed by atoms with Crippen LogP contribution in [0.15, 0.2) is 18.3 Å². The lowest BCUT2D eigenvalue weighted by Crippen LogP contribution is -2.43. The van der Waals surface area contributed by atoms with Crippen molar-refractivity contribution in [3.05, 3.63) is 23.9 Å². The molecule has 0 spiro atoms. The normalized spacial score (nSPS) is 16.4. The summed E-state index contributed by atoms with van der Waals surface area (Å²) in [6.45, 7) is 2.32. The van der Waals surface area contributed by atoms with Gasteiger partial charge in [0.1, 0.15) is 5.82 Å². The highest BCUT2D eigenvalue weighted by molar-refractivity contribution is 5.37. The molecule has 2 rings (SSSR count). The zero-order chi connectivity index (χ0) is 9.97. The largest absolute Gasteiger partial charge is 0.363 e. The molecule has 0 aliphatic carbocycles. The van der Waals surface area contributed by atoms with Crippen LogP contribution >= 0.6 is 0 Å². The predicted molar refractivity (Wildman–Crippen MR) is 58.6 cm³/mol. The topological polar surface area (TPSA) is 28.2 Å². The molecule has 0 radical (unpaired) electrons. The van der Waals surface area contributed by atoms with Crippen molar-refractivity contribution in [1.82, 2.24) is 10.3 Å². The first-order chi connectivity index (χ1) is 6.75. The van der Waals surface area contributed by atoms with Crippen LogP contribution in [0.1, 0.15) is 5.56 Å². The van der Waals surface area contributed by atoms with Gasteiger partial charge in [0, 0.05) is 20.3 Å². The second-order valence-corrected chi connectivity index (χ2v) is 4.15. The SMILES string of the molecule is CN(C)c1ccc(CC2CNC2)cn1. The Balaban J connectivity index is 1.98. The number of pyridine rings is 1. The highest BCUT2D eigenvalue weighted by Crippen LogP contribution is 2.14. The van der Waals surface area contributed by atoms with E-state index in [1.54, 1.807) is 0 Å². The van der Waals surface area contributed by atoms with Gasteiger partial charge in [-0.15, -0.1) is 0 Å². The molecule has 1 N–H and O–H groups in total. The third-order valence-corrected chi connectivity index (χ3v) is 2.66. The molecule has 0 aromatic carbocycles. The molecule has 1 aromatic heterocycles. The van der Waals surface area contributed by atoms with Gasteiger partial charge in [-0.25, -0.2) is 4.98 Å². The van der Waals surface area contributed by atoms with Crippen LogP contribution in [-0.4, -0.2) is 32.2 Å². The monoisotopic (exact) mass is 191 g/mol. The Morgan fingerprint density at radius 3 is 2.64 bits per heavy atom. The zero-order valence-corrected chi connectivity index (χ0v) is 8.83. The van der Waals surface area contributed by atoms with Gasteiger partial charge in [-0.05, 0) is 37.1 Å². The van der Waals surface area contributed by atoms with E-state index < -0.39 is 0 Å². The van der Waals surface area contributed by atoms with E-state index in [9.17, 15) is 0 Å². The van der Waals surface area contributed by atoms with Crippen molar-refractivity contribution in [3.8, 4) is 0 Å². The molecule has 1 aliphatic heterocycles. The van der Waals surface area contributed by atoms with Crippen LogP contribution in [0.5, 0.6) is 0 Å². The van der Waals surface area contributed by atoms with Gasteiger partial charge in [-0.1, -0.05) is 6.07 Å². The first kappa shape index (κ1) is 9.46. The molecule has 14 heavy (non-hydrogen) atoms. The second-order valence-electron chi connectivity index (χ2n) is 4.15. The molecule has 0 unspecified atom stereocenters. The first-order valence-electron chi connectivity index (χ1n) is 5.08. The Hall–Kier alpha value is -1.09. The molecule has 0 bridgehead atoms. The van der Waals surface area contributed by atoms with Crippen LogP contribution in [-0.2, 0) is 6.42 Å². The minimum atomic E-state index is 0.821. The predicted octanol–water partition coefficient (Wildman–Crippen LogP) is 0.909. The first-order valence-corrected chi connectivity index (χ1v) is 5.08. The van der Waals surface area contributed by atoms with E-state index in [0.29, 0.717) is 0 Å². The van der Waals surface area contributed by atoms with E-state index in [0.717, 1.165) is 31.2 Å². The lowest BCUT2D eigenvalue weighted by molar-refractivity contribution is 0.346. The van der Waals surface area contributed by atoms with Crippen molar-refractivity contribution >= 4 is 5.82 Å². The molecular weight excluding hydrogens is 174 g/mol. The van der Waals surface area contributed by atoms with Gasteiger partial charge < -0.3 is 10.2 Å². The Bertz CT molecular complexity index is 288. The standard InChI is InChI=1S/C11H17N3/c1-14(2)11-4-3-9(8-13-11)5-10-6-12-7-10/h3-4,8,10,12H,5-7H2,1-2H3. The lowest BCUT2D eigenvalue weighted by Gasteiger charge is -2.27. The van der Waals surface area contributed by atoms with Gasteiger partial charge >= 0.3 is 0 Å². The number of rotatable bonds is 3. The van der Waals surface area contributed by atoms with Crippen molar-refractivity contribution in [3.63, 3.8) is 0 Å². The number of anilines is 1. The van der Waals surface area contributed by atoms with E-state index in [1.165, 1.54) is 5.56 Å². The Morgan fingerprint density at radius 2 is 2.21 bits per heavy atom. The number of hydrogen-bond donors (Lipinski definition) is 1. The fourth-order valence-electron chi connectivity index (χ4n) is 1.63. The molecule has 3 heteroatoms. The summed E-state index contributed by atoms with van der Waals surface area (Å²) in [5, 5.41) is 3.28. The fraction of sp³-hybridized carbons (Fsp3) is 0.545. The molecular formula is C11H17N3. The number of nitrogens with zero attached hydrogens (tertiary/aromatic N) is 2. The van der Waals surface area contributed by atoms with E-state index in [1.807, 2.05) is 25.2 Å². The summed E-state index contributed by atoms with van der Waals surface area (Å²) in [5.74, 6) is 1.85. The Kier molecular flexibility index (Phi) is 2.68. The van der Waals surface area contributed by atoms with E-state index >= 15 is 0 Å². The van der Waals surface area contributed by atoms with Crippen LogP contribution in [0.3, 0.4) is 0 Å². The minimum absolute atomic E-state index is 0.821. The van der Waals surface area contributed by atoms with Crippen LogP contribution in [0, 0.1) is 5.92 Å². The summed E-state index contributed by atoms with van der Waals surface area (Å²) >= 11 is 0. The fourth-order valence-corrected chi connectivity index (χ4v) is 1.63. The van der Waals surface area contributed by atoms with E-state index in [2.05, 4.69) is 22.4 Å². The highest BCUT2D eigenvalue weighted by Gasteiger charge is 2.16. The molecule has 1 aliphatic rings. The molecule has 1 saturated heterocycles.